The Labute approximate surface area is 178 Å². The Bertz CT molecular complexity index is 929. The van der Waals surface area contributed by atoms with Gasteiger partial charge in [0.05, 0.1) is 18.7 Å². The number of carbonyl (C=O) groups excluding carboxylic acids is 1. The van der Waals surface area contributed by atoms with Crippen LogP contribution in [-0.2, 0) is 0 Å². The summed E-state index contributed by atoms with van der Waals surface area (Å²) in [6.45, 7) is 10.1. The number of nitrogens with zero attached hydrogens (tertiary/aromatic N) is 2. The van der Waals surface area contributed by atoms with E-state index >= 15 is 0 Å². The fourth-order valence-electron chi connectivity index (χ4n) is 5.09. The van der Waals surface area contributed by atoms with Crippen molar-refractivity contribution >= 4 is 16.9 Å². The van der Waals surface area contributed by atoms with Gasteiger partial charge >= 0.3 is 6.03 Å². The number of hydrogen-bond donors (Lipinski definition) is 2. The van der Waals surface area contributed by atoms with Crippen LogP contribution in [-0.4, -0.2) is 48.2 Å². The van der Waals surface area contributed by atoms with Crippen LogP contribution in [0.5, 0.6) is 5.75 Å². The zero-order valence-corrected chi connectivity index (χ0v) is 18.1. The molecule has 5 atom stereocenters. The summed E-state index contributed by atoms with van der Waals surface area (Å²) in [7, 11) is 1.67. The van der Waals surface area contributed by atoms with Gasteiger partial charge in [0.1, 0.15) is 5.75 Å². The zero-order valence-electron chi connectivity index (χ0n) is 18.1. The molecule has 1 aromatic heterocycles. The summed E-state index contributed by atoms with van der Waals surface area (Å²) < 4.78 is 5.47. The van der Waals surface area contributed by atoms with Crippen LogP contribution >= 0.6 is 0 Å². The number of nitrogens with one attached hydrogen (secondary N) is 2. The van der Waals surface area contributed by atoms with Gasteiger partial charge in [-0.25, -0.2) is 4.79 Å². The molecule has 160 valence electrons. The van der Waals surface area contributed by atoms with E-state index in [0.29, 0.717) is 11.8 Å². The van der Waals surface area contributed by atoms with Gasteiger partial charge in [0.15, 0.2) is 0 Å². The number of urea groups is 1. The van der Waals surface area contributed by atoms with Crippen molar-refractivity contribution in [2.45, 2.75) is 44.8 Å². The van der Waals surface area contributed by atoms with E-state index in [0.717, 1.165) is 41.7 Å². The van der Waals surface area contributed by atoms with Gasteiger partial charge in [-0.2, -0.15) is 0 Å². The molecule has 1 aromatic carbocycles. The monoisotopic (exact) mass is 408 g/mol. The number of pyridine rings is 1. The number of ether oxygens (including phenoxy) is 1. The first-order chi connectivity index (χ1) is 14.5. The number of amides is 2. The summed E-state index contributed by atoms with van der Waals surface area (Å²) in [5.74, 6) is 1.95. The van der Waals surface area contributed by atoms with E-state index in [1.807, 2.05) is 44.3 Å². The first-order valence-electron chi connectivity index (χ1n) is 10.9. The van der Waals surface area contributed by atoms with Crippen molar-refractivity contribution in [2.75, 3.05) is 20.2 Å². The number of piperidine rings is 3. The predicted molar refractivity (Wildman–Crippen MR) is 120 cm³/mol. The lowest BCUT2D eigenvalue weighted by Crippen LogP contribution is -2.58. The molecule has 3 saturated heterocycles. The zero-order chi connectivity index (χ0) is 21.3. The van der Waals surface area contributed by atoms with Crippen LogP contribution in [0.3, 0.4) is 0 Å². The second kappa shape index (κ2) is 8.64. The molecule has 3 aliphatic heterocycles. The smallest absolute Gasteiger partial charge is 0.315 e. The molecule has 3 fully saturated rings. The second-order valence-electron chi connectivity index (χ2n) is 8.78. The molecule has 4 heterocycles. The van der Waals surface area contributed by atoms with Gasteiger partial charge in [0.2, 0.25) is 0 Å². The van der Waals surface area contributed by atoms with E-state index in [4.69, 9.17) is 4.74 Å². The van der Waals surface area contributed by atoms with Crippen molar-refractivity contribution in [3.63, 3.8) is 0 Å². The normalized spacial score (nSPS) is 26.4. The third-order valence-corrected chi connectivity index (χ3v) is 6.56. The molecular weight excluding hydrogens is 376 g/mol. The molecule has 2 bridgehead atoms. The Morgan fingerprint density at radius 3 is 2.83 bits per heavy atom. The number of hydrogen-bond acceptors (Lipinski definition) is 4. The summed E-state index contributed by atoms with van der Waals surface area (Å²) in [5, 5.41) is 7.31. The molecule has 2 N–H and O–H groups in total. The minimum absolute atomic E-state index is 0.0770. The molecule has 0 spiro atoms. The summed E-state index contributed by atoms with van der Waals surface area (Å²) in [6.07, 6.45) is 6.19. The number of methoxy groups -OCH3 is 1. The van der Waals surface area contributed by atoms with Crippen LogP contribution in [0, 0.1) is 11.8 Å². The standard InChI is InChI=1S/C24H32N4O2/c1-5-16-14-28-11-9-17(16)12-22(28)23(27-24(29)26-15(2)3)19-8-10-25-21-7-6-18(30-4)13-20(19)21/h5-8,10,13,15-17,22-23H,1,9,11-12,14H2,2-4H3,(H2,26,27,29)/t16-,17-,22-,23+/m0/s1. The number of carbonyl (C=O) groups is 1. The van der Waals surface area contributed by atoms with Gasteiger partial charge in [-0.15, -0.1) is 6.58 Å². The Hall–Kier alpha value is -2.60. The summed E-state index contributed by atoms with van der Waals surface area (Å²) >= 11 is 0. The van der Waals surface area contributed by atoms with Crippen LogP contribution in [0.2, 0.25) is 0 Å². The molecule has 2 amide bonds. The summed E-state index contributed by atoms with van der Waals surface area (Å²) in [5.41, 5.74) is 2.00. The molecule has 6 heteroatoms. The van der Waals surface area contributed by atoms with Crippen LogP contribution in [0.1, 0.15) is 38.3 Å². The van der Waals surface area contributed by atoms with Crippen molar-refractivity contribution < 1.29 is 9.53 Å². The van der Waals surface area contributed by atoms with Crippen LogP contribution < -0.4 is 15.4 Å². The van der Waals surface area contributed by atoms with E-state index in [2.05, 4.69) is 33.2 Å². The number of benzene rings is 1. The maximum atomic E-state index is 12.8. The van der Waals surface area contributed by atoms with Crippen molar-refractivity contribution in [1.29, 1.82) is 0 Å². The fraction of sp³-hybridized carbons (Fsp3) is 0.500. The minimum atomic E-state index is -0.134. The molecule has 1 unspecified atom stereocenters. The Balaban J connectivity index is 1.74. The quantitative estimate of drug-likeness (QED) is 0.712. The van der Waals surface area contributed by atoms with E-state index < -0.39 is 0 Å². The molecule has 0 radical (unpaired) electrons. The Morgan fingerprint density at radius 2 is 2.17 bits per heavy atom. The predicted octanol–water partition coefficient (Wildman–Crippen LogP) is 3.89. The van der Waals surface area contributed by atoms with Gasteiger partial charge in [0.25, 0.3) is 0 Å². The molecule has 30 heavy (non-hydrogen) atoms. The Kier molecular flexibility index (Phi) is 5.95. The molecule has 0 aliphatic carbocycles. The van der Waals surface area contributed by atoms with Gasteiger partial charge < -0.3 is 15.4 Å². The molecule has 0 saturated carbocycles. The van der Waals surface area contributed by atoms with Crippen LogP contribution in [0.4, 0.5) is 4.79 Å². The number of aromatic nitrogens is 1. The van der Waals surface area contributed by atoms with Gasteiger partial charge in [0, 0.05) is 30.2 Å². The van der Waals surface area contributed by atoms with E-state index in [9.17, 15) is 4.79 Å². The van der Waals surface area contributed by atoms with Gasteiger partial charge in [-0.05, 0) is 74.9 Å². The molecule has 5 rings (SSSR count). The molecule has 2 aromatic rings. The SMILES string of the molecule is C=C[C@H]1CN2CC[C@H]1C[C@H]2[C@H](NC(=O)NC(C)C)c1ccnc2ccc(OC)cc12. The maximum absolute atomic E-state index is 12.8. The minimum Gasteiger partial charge on any atom is -0.497 e. The highest BCUT2D eigenvalue weighted by molar-refractivity contribution is 5.85. The summed E-state index contributed by atoms with van der Waals surface area (Å²) in [4.78, 5) is 19.8. The average Bonchev–Trinajstić information content (AvgIpc) is 2.76. The highest BCUT2D eigenvalue weighted by Gasteiger charge is 2.43. The third-order valence-electron chi connectivity index (χ3n) is 6.56. The van der Waals surface area contributed by atoms with Crippen molar-refractivity contribution in [3.05, 3.63) is 48.7 Å². The molecular formula is C24H32N4O2. The Morgan fingerprint density at radius 1 is 1.33 bits per heavy atom. The van der Waals surface area contributed by atoms with Gasteiger partial charge in [-0.3, -0.25) is 9.88 Å². The van der Waals surface area contributed by atoms with E-state index in [1.165, 1.54) is 6.42 Å². The molecule has 3 aliphatic rings. The highest BCUT2D eigenvalue weighted by atomic mass is 16.5. The first kappa shape index (κ1) is 20.7. The van der Waals surface area contributed by atoms with Crippen molar-refractivity contribution in [3.8, 4) is 5.75 Å². The third kappa shape index (κ3) is 4.01. The number of fused-ring (bicyclic) bond motifs is 4. The van der Waals surface area contributed by atoms with E-state index in [1.54, 1.807) is 7.11 Å². The lowest BCUT2D eigenvalue weighted by molar-refractivity contribution is 0.00309. The highest BCUT2D eigenvalue weighted by Crippen LogP contribution is 2.42. The van der Waals surface area contributed by atoms with Crippen molar-refractivity contribution in [1.82, 2.24) is 20.5 Å². The van der Waals surface area contributed by atoms with Crippen LogP contribution in [0.25, 0.3) is 10.9 Å². The van der Waals surface area contributed by atoms with Crippen LogP contribution in [0.15, 0.2) is 43.1 Å². The molecule has 6 nitrogen and oxygen atoms in total. The van der Waals surface area contributed by atoms with Crippen molar-refractivity contribution in [2.24, 2.45) is 11.8 Å². The summed E-state index contributed by atoms with van der Waals surface area (Å²) in [6, 6.07) is 8.02. The second-order valence-corrected chi connectivity index (χ2v) is 8.78. The largest absolute Gasteiger partial charge is 0.497 e. The lowest BCUT2D eigenvalue weighted by atomic mass is 9.73. The topological polar surface area (TPSA) is 66.5 Å². The maximum Gasteiger partial charge on any atom is 0.315 e. The van der Waals surface area contributed by atoms with E-state index in [-0.39, 0.29) is 24.2 Å². The number of rotatable bonds is 6. The lowest BCUT2D eigenvalue weighted by Gasteiger charge is -2.51. The van der Waals surface area contributed by atoms with Gasteiger partial charge in [-0.1, -0.05) is 6.08 Å². The fourth-order valence-corrected chi connectivity index (χ4v) is 5.09. The first-order valence-corrected chi connectivity index (χ1v) is 10.9. The average molecular weight is 409 g/mol.